The summed E-state index contributed by atoms with van der Waals surface area (Å²) in [5, 5.41) is 0.789. The average molecular weight is 306 g/mol. The molecule has 0 spiro atoms. The summed E-state index contributed by atoms with van der Waals surface area (Å²) in [7, 11) is 0. The van der Waals surface area contributed by atoms with Gasteiger partial charge in [0, 0.05) is 10.6 Å². The molecule has 0 atom stereocenters. The van der Waals surface area contributed by atoms with Gasteiger partial charge in [-0.05, 0) is 24.3 Å². The minimum Gasteiger partial charge on any atom is -0.358 e. The van der Waals surface area contributed by atoms with Crippen molar-refractivity contribution >= 4 is 17.3 Å². The molecule has 0 saturated carbocycles. The molecular weight excluding hydrogens is 287 g/mol. The Bertz CT molecular complexity index is 609. The monoisotopic (exact) mass is 305 g/mol. The van der Waals surface area contributed by atoms with Crippen LogP contribution in [0.15, 0.2) is 48.5 Å². The van der Waals surface area contributed by atoms with Gasteiger partial charge in [-0.25, -0.2) is 4.39 Å². The molecule has 1 aliphatic heterocycles. The molecule has 1 aliphatic rings. The Hall–Kier alpha value is -1.58. The lowest BCUT2D eigenvalue weighted by Crippen LogP contribution is -3.13. The van der Waals surface area contributed by atoms with E-state index in [0.29, 0.717) is 0 Å². The molecule has 0 bridgehead atoms. The number of rotatable bonds is 3. The Kier molecular flexibility index (Phi) is 4.42. The predicted molar refractivity (Wildman–Crippen MR) is 84.5 cm³/mol. The summed E-state index contributed by atoms with van der Waals surface area (Å²) in [6.45, 7) is 4.78. The molecule has 4 heteroatoms. The van der Waals surface area contributed by atoms with Gasteiger partial charge in [0.05, 0.1) is 31.9 Å². The Morgan fingerprint density at radius 3 is 2.52 bits per heavy atom. The van der Waals surface area contributed by atoms with E-state index in [-0.39, 0.29) is 5.82 Å². The van der Waals surface area contributed by atoms with Gasteiger partial charge in [-0.15, -0.1) is 0 Å². The average Bonchev–Trinajstić information content (AvgIpc) is 2.49. The van der Waals surface area contributed by atoms with Crippen LogP contribution in [-0.4, -0.2) is 26.2 Å². The first kappa shape index (κ1) is 14.4. The van der Waals surface area contributed by atoms with Gasteiger partial charge >= 0.3 is 0 Å². The summed E-state index contributed by atoms with van der Waals surface area (Å²) in [4.78, 5) is 3.65. The van der Waals surface area contributed by atoms with Crippen LogP contribution in [0.1, 0.15) is 5.56 Å². The van der Waals surface area contributed by atoms with Crippen molar-refractivity contribution in [2.75, 3.05) is 31.1 Å². The van der Waals surface area contributed by atoms with Gasteiger partial charge in [0.1, 0.15) is 12.4 Å². The molecule has 1 fully saturated rings. The van der Waals surface area contributed by atoms with Gasteiger partial charge in [-0.2, -0.15) is 0 Å². The molecule has 0 unspecified atom stereocenters. The smallest absolute Gasteiger partial charge is 0.146 e. The van der Waals surface area contributed by atoms with Crippen molar-refractivity contribution in [1.82, 2.24) is 0 Å². The highest BCUT2D eigenvalue weighted by atomic mass is 35.5. The van der Waals surface area contributed by atoms with E-state index < -0.39 is 0 Å². The van der Waals surface area contributed by atoms with Crippen molar-refractivity contribution in [2.45, 2.75) is 6.54 Å². The topological polar surface area (TPSA) is 7.68 Å². The molecule has 2 aromatic rings. The standard InChI is InChI=1S/C17H18ClFN2/c18-15-5-3-4-14(12-15)13-20-8-10-21(11-9-20)17-7-2-1-6-16(17)19/h1-7,12H,8-11,13H2/p+1. The van der Waals surface area contributed by atoms with E-state index in [9.17, 15) is 4.39 Å². The van der Waals surface area contributed by atoms with Crippen LogP contribution in [0, 0.1) is 5.82 Å². The number of piperazine rings is 1. The van der Waals surface area contributed by atoms with E-state index in [1.54, 1.807) is 6.07 Å². The van der Waals surface area contributed by atoms with E-state index in [1.807, 2.05) is 30.3 Å². The maximum absolute atomic E-state index is 13.8. The number of anilines is 1. The van der Waals surface area contributed by atoms with Crippen molar-refractivity contribution in [3.63, 3.8) is 0 Å². The first-order valence-electron chi connectivity index (χ1n) is 7.30. The molecule has 0 amide bonds. The van der Waals surface area contributed by atoms with Crippen LogP contribution < -0.4 is 9.80 Å². The highest BCUT2D eigenvalue weighted by Gasteiger charge is 2.21. The van der Waals surface area contributed by atoms with Crippen LogP contribution in [0.3, 0.4) is 0 Å². The third-order valence-electron chi connectivity index (χ3n) is 4.01. The number of quaternary nitrogens is 1. The second-order valence-corrected chi connectivity index (χ2v) is 5.93. The van der Waals surface area contributed by atoms with Gasteiger partial charge < -0.3 is 9.80 Å². The fraction of sp³-hybridized carbons (Fsp3) is 0.294. The first-order chi connectivity index (χ1) is 10.2. The van der Waals surface area contributed by atoms with Crippen molar-refractivity contribution in [3.05, 3.63) is 64.9 Å². The third-order valence-corrected chi connectivity index (χ3v) is 4.24. The Morgan fingerprint density at radius 1 is 1.05 bits per heavy atom. The van der Waals surface area contributed by atoms with E-state index in [1.165, 1.54) is 16.5 Å². The number of hydrogen-bond acceptors (Lipinski definition) is 1. The highest BCUT2D eigenvalue weighted by molar-refractivity contribution is 6.30. The van der Waals surface area contributed by atoms with Crippen LogP contribution >= 0.6 is 11.6 Å². The second-order valence-electron chi connectivity index (χ2n) is 5.50. The van der Waals surface area contributed by atoms with E-state index in [4.69, 9.17) is 11.6 Å². The molecule has 110 valence electrons. The van der Waals surface area contributed by atoms with Crippen molar-refractivity contribution in [2.24, 2.45) is 0 Å². The quantitative estimate of drug-likeness (QED) is 0.915. The van der Waals surface area contributed by atoms with E-state index in [2.05, 4.69) is 11.0 Å². The number of nitrogens with zero attached hydrogens (tertiary/aromatic N) is 1. The molecular formula is C17H19ClFN2+. The molecule has 0 aromatic heterocycles. The summed E-state index contributed by atoms with van der Waals surface area (Å²) in [5.41, 5.74) is 1.98. The largest absolute Gasteiger partial charge is 0.358 e. The fourth-order valence-electron chi connectivity index (χ4n) is 2.88. The number of nitrogens with one attached hydrogen (secondary N) is 1. The maximum Gasteiger partial charge on any atom is 0.146 e. The number of benzene rings is 2. The molecule has 1 heterocycles. The van der Waals surface area contributed by atoms with Gasteiger partial charge in [0.15, 0.2) is 0 Å². The maximum atomic E-state index is 13.8. The van der Waals surface area contributed by atoms with Gasteiger partial charge in [-0.3, -0.25) is 0 Å². The van der Waals surface area contributed by atoms with Crippen molar-refractivity contribution < 1.29 is 9.29 Å². The normalized spacial score (nSPS) is 16.2. The van der Waals surface area contributed by atoms with Gasteiger partial charge in [0.25, 0.3) is 0 Å². The van der Waals surface area contributed by atoms with Gasteiger partial charge in [-0.1, -0.05) is 35.9 Å². The minimum absolute atomic E-state index is 0.129. The number of halogens is 2. The molecule has 0 aliphatic carbocycles. The highest BCUT2D eigenvalue weighted by Crippen LogP contribution is 2.18. The van der Waals surface area contributed by atoms with Crippen LogP contribution in [0.2, 0.25) is 5.02 Å². The van der Waals surface area contributed by atoms with Crippen LogP contribution in [0.5, 0.6) is 0 Å². The lowest BCUT2D eigenvalue weighted by Gasteiger charge is -2.33. The lowest BCUT2D eigenvalue weighted by atomic mass is 10.2. The van der Waals surface area contributed by atoms with Crippen LogP contribution in [0.4, 0.5) is 10.1 Å². The zero-order valence-electron chi connectivity index (χ0n) is 11.9. The first-order valence-corrected chi connectivity index (χ1v) is 7.67. The zero-order valence-corrected chi connectivity index (χ0v) is 12.6. The third kappa shape index (κ3) is 3.55. The molecule has 1 N–H and O–H groups in total. The van der Waals surface area contributed by atoms with E-state index in [0.717, 1.165) is 43.4 Å². The number of para-hydroxylation sites is 1. The summed E-state index contributed by atoms with van der Waals surface area (Å²) >= 11 is 6.02. The summed E-state index contributed by atoms with van der Waals surface area (Å²) in [6, 6.07) is 15.0. The molecule has 0 radical (unpaired) electrons. The van der Waals surface area contributed by atoms with Crippen molar-refractivity contribution in [3.8, 4) is 0 Å². The second kappa shape index (κ2) is 6.46. The van der Waals surface area contributed by atoms with Gasteiger partial charge in [0.2, 0.25) is 0 Å². The van der Waals surface area contributed by atoms with Crippen LogP contribution in [0.25, 0.3) is 0 Å². The molecule has 21 heavy (non-hydrogen) atoms. The number of hydrogen-bond donors (Lipinski definition) is 1. The summed E-state index contributed by atoms with van der Waals surface area (Å²) in [6.07, 6.45) is 0. The SMILES string of the molecule is Fc1ccccc1N1CC[NH+](Cc2cccc(Cl)c2)CC1. The summed E-state index contributed by atoms with van der Waals surface area (Å²) < 4.78 is 13.8. The Labute approximate surface area is 129 Å². The Balaban J connectivity index is 1.59. The van der Waals surface area contributed by atoms with E-state index >= 15 is 0 Å². The molecule has 1 saturated heterocycles. The Morgan fingerprint density at radius 2 is 1.81 bits per heavy atom. The minimum atomic E-state index is -0.129. The fourth-order valence-corrected chi connectivity index (χ4v) is 3.10. The predicted octanol–water partition coefficient (Wildman–Crippen LogP) is 2.38. The molecule has 2 nitrogen and oxygen atoms in total. The molecule has 2 aromatic carbocycles. The van der Waals surface area contributed by atoms with Crippen LogP contribution in [-0.2, 0) is 6.54 Å². The summed E-state index contributed by atoms with van der Waals surface area (Å²) in [5.74, 6) is -0.129. The lowest BCUT2D eigenvalue weighted by molar-refractivity contribution is -0.914. The van der Waals surface area contributed by atoms with Crippen molar-refractivity contribution in [1.29, 1.82) is 0 Å². The molecule has 3 rings (SSSR count). The zero-order chi connectivity index (χ0) is 14.7.